The molecular formula is C12H11ClN2O5. The normalized spacial score (nSPS) is 18.1. The number of likely N-dealkylation sites (tertiary alicyclic amines) is 1. The third kappa shape index (κ3) is 2.57. The van der Waals surface area contributed by atoms with Crippen LogP contribution < -0.4 is 0 Å². The molecule has 0 radical (unpaired) electrons. The molecule has 2 rings (SSSR count). The lowest BCUT2D eigenvalue weighted by molar-refractivity contribution is -0.384. The Morgan fingerprint density at radius 3 is 2.70 bits per heavy atom. The molecule has 1 heterocycles. The van der Waals surface area contributed by atoms with E-state index in [1.807, 2.05) is 0 Å². The molecule has 1 saturated heterocycles. The van der Waals surface area contributed by atoms with Crippen LogP contribution in [0, 0.1) is 10.1 Å². The van der Waals surface area contributed by atoms with Gasteiger partial charge in [-0.3, -0.25) is 14.9 Å². The smallest absolute Gasteiger partial charge is 0.326 e. The van der Waals surface area contributed by atoms with Crippen molar-refractivity contribution in [2.75, 3.05) is 6.54 Å². The number of nitrogens with zero attached hydrogens (tertiary/aromatic N) is 2. The second-order valence-electron chi connectivity index (χ2n) is 4.42. The van der Waals surface area contributed by atoms with Gasteiger partial charge in [-0.25, -0.2) is 4.79 Å². The molecule has 20 heavy (non-hydrogen) atoms. The fourth-order valence-electron chi connectivity index (χ4n) is 2.22. The number of carbonyl (C=O) groups excluding carboxylic acids is 1. The van der Waals surface area contributed by atoms with Crippen LogP contribution in [-0.4, -0.2) is 39.4 Å². The predicted molar refractivity (Wildman–Crippen MR) is 69.8 cm³/mol. The van der Waals surface area contributed by atoms with Gasteiger partial charge in [0.05, 0.1) is 4.92 Å². The maximum absolute atomic E-state index is 12.2. The number of carboxylic acid groups (broad SMARTS) is 1. The highest BCUT2D eigenvalue weighted by atomic mass is 35.5. The first-order valence-corrected chi connectivity index (χ1v) is 6.27. The molecule has 0 spiro atoms. The number of nitro groups is 1. The average molecular weight is 299 g/mol. The number of carboxylic acids is 1. The Labute approximate surface area is 118 Å². The highest BCUT2D eigenvalue weighted by molar-refractivity contribution is 6.33. The molecule has 0 aromatic heterocycles. The Morgan fingerprint density at radius 1 is 1.45 bits per heavy atom. The van der Waals surface area contributed by atoms with Gasteiger partial charge in [0.15, 0.2) is 0 Å². The van der Waals surface area contributed by atoms with E-state index < -0.39 is 22.8 Å². The van der Waals surface area contributed by atoms with Crippen LogP contribution in [0.25, 0.3) is 0 Å². The summed E-state index contributed by atoms with van der Waals surface area (Å²) in [5, 5.41) is 19.5. The van der Waals surface area contributed by atoms with Gasteiger partial charge in [0, 0.05) is 18.2 Å². The van der Waals surface area contributed by atoms with Crippen molar-refractivity contribution in [2.24, 2.45) is 0 Å². The number of amides is 1. The third-order valence-electron chi connectivity index (χ3n) is 3.19. The summed E-state index contributed by atoms with van der Waals surface area (Å²) in [7, 11) is 0. The van der Waals surface area contributed by atoms with Gasteiger partial charge >= 0.3 is 5.97 Å². The summed E-state index contributed by atoms with van der Waals surface area (Å²) < 4.78 is 0. The molecule has 1 N–H and O–H groups in total. The van der Waals surface area contributed by atoms with Gasteiger partial charge in [-0.05, 0) is 25.0 Å². The van der Waals surface area contributed by atoms with Crippen LogP contribution in [0.5, 0.6) is 0 Å². The summed E-state index contributed by atoms with van der Waals surface area (Å²) in [6.45, 7) is 0.352. The second-order valence-corrected chi connectivity index (χ2v) is 4.83. The highest BCUT2D eigenvalue weighted by Crippen LogP contribution is 2.27. The zero-order chi connectivity index (χ0) is 14.9. The van der Waals surface area contributed by atoms with Crippen molar-refractivity contribution < 1.29 is 19.6 Å². The van der Waals surface area contributed by atoms with E-state index in [1.54, 1.807) is 0 Å². The van der Waals surface area contributed by atoms with Gasteiger partial charge in [-0.2, -0.15) is 0 Å². The van der Waals surface area contributed by atoms with E-state index in [0.29, 0.717) is 19.4 Å². The quantitative estimate of drug-likeness (QED) is 0.679. The summed E-state index contributed by atoms with van der Waals surface area (Å²) >= 11 is 5.75. The van der Waals surface area contributed by atoms with Crippen LogP contribution in [0.15, 0.2) is 18.2 Å². The number of carbonyl (C=O) groups is 2. The molecule has 1 aromatic carbocycles. The molecule has 7 nitrogen and oxygen atoms in total. The maximum Gasteiger partial charge on any atom is 0.326 e. The Bertz CT molecular complexity index is 589. The standard InChI is InChI=1S/C12H11ClN2O5/c13-8-6-7(3-4-9(8)15(19)20)11(16)14-5-1-2-10(14)12(17)18/h3-4,6,10H,1-2,5H2,(H,17,18). The van der Waals surface area contributed by atoms with Crippen molar-refractivity contribution in [2.45, 2.75) is 18.9 Å². The number of benzene rings is 1. The van der Waals surface area contributed by atoms with Crippen LogP contribution >= 0.6 is 11.6 Å². The minimum Gasteiger partial charge on any atom is -0.480 e. The van der Waals surface area contributed by atoms with Crippen LogP contribution in [0.1, 0.15) is 23.2 Å². The molecule has 1 unspecified atom stereocenters. The molecule has 1 amide bonds. The first-order chi connectivity index (χ1) is 9.41. The number of halogens is 1. The van der Waals surface area contributed by atoms with Crippen molar-refractivity contribution in [3.63, 3.8) is 0 Å². The zero-order valence-corrected chi connectivity index (χ0v) is 11.0. The fraction of sp³-hybridized carbons (Fsp3) is 0.333. The van der Waals surface area contributed by atoms with Crippen LogP contribution in [0.4, 0.5) is 5.69 Å². The topological polar surface area (TPSA) is 101 Å². The van der Waals surface area contributed by atoms with E-state index in [-0.39, 0.29) is 16.3 Å². The Balaban J connectivity index is 2.27. The van der Waals surface area contributed by atoms with Crippen molar-refractivity contribution in [1.82, 2.24) is 4.90 Å². The van der Waals surface area contributed by atoms with Gasteiger partial charge in [0.25, 0.3) is 11.6 Å². The minimum absolute atomic E-state index is 0.146. The van der Waals surface area contributed by atoms with E-state index in [0.717, 1.165) is 6.07 Å². The molecule has 0 bridgehead atoms. The van der Waals surface area contributed by atoms with Gasteiger partial charge in [-0.15, -0.1) is 0 Å². The second kappa shape index (κ2) is 5.46. The zero-order valence-electron chi connectivity index (χ0n) is 10.3. The first-order valence-electron chi connectivity index (χ1n) is 5.89. The van der Waals surface area contributed by atoms with Gasteiger partial charge in [0.2, 0.25) is 0 Å². The van der Waals surface area contributed by atoms with E-state index in [2.05, 4.69) is 0 Å². The van der Waals surface area contributed by atoms with Crippen LogP contribution in [0.2, 0.25) is 5.02 Å². The van der Waals surface area contributed by atoms with E-state index in [4.69, 9.17) is 16.7 Å². The van der Waals surface area contributed by atoms with Crippen molar-refractivity contribution in [3.05, 3.63) is 38.9 Å². The molecule has 1 aliphatic heterocycles. The van der Waals surface area contributed by atoms with Gasteiger partial charge in [-0.1, -0.05) is 11.6 Å². The molecule has 8 heteroatoms. The molecule has 1 atom stereocenters. The van der Waals surface area contributed by atoms with Crippen molar-refractivity contribution in [3.8, 4) is 0 Å². The van der Waals surface area contributed by atoms with E-state index >= 15 is 0 Å². The van der Waals surface area contributed by atoms with E-state index in [9.17, 15) is 19.7 Å². The highest BCUT2D eigenvalue weighted by Gasteiger charge is 2.34. The number of hydrogen-bond acceptors (Lipinski definition) is 4. The largest absolute Gasteiger partial charge is 0.480 e. The molecule has 106 valence electrons. The molecule has 0 saturated carbocycles. The number of rotatable bonds is 3. The van der Waals surface area contributed by atoms with Gasteiger partial charge < -0.3 is 10.0 Å². The summed E-state index contributed by atoms with van der Waals surface area (Å²) in [6, 6.07) is 2.76. The first kappa shape index (κ1) is 14.3. The Morgan fingerprint density at radius 2 is 2.15 bits per heavy atom. The summed E-state index contributed by atoms with van der Waals surface area (Å²) in [5.41, 5.74) is -0.145. The lowest BCUT2D eigenvalue weighted by Gasteiger charge is -2.21. The Hall–Kier alpha value is -2.15. The third-order valence-corrected chi connectivity index (χ3v) is 3.49. The monoisotopic (exact) mass is 298 g/mol. The lowest BCUT2D eigenvalue weighted by atomic mass is 10.1. The molecule has 1 aromatic rings. The average Bonchev–Trinajstić information content (AvgIpc) is 2.86. The SMILES string of the molecule is O=C(O)C1CCCN1C(=O)c1ccc([N+](=O)[O-])c(Cl)c1. The van der Waals surface area contributed by atoms with Crippen molar-refractivity contribution >= 4 is 29.2 Å². The molecule has 0 aliphatic carbocycles. The lowest BCUT2D eigenvalue weighted by Crippen LogP contribution is -2.40. The summed E-state index contributed by atoms with van der Waals surface area (Å²) in [4.78, 5) is 34.5. The minimum atomic E-state index is -1.05. The van der Waals surface area contributed by atoms with E-state index in [1.165, 1.54) is 17.0 Å². The fourth-order valence-corrected chi connectivity index (χ4v) is 2.47. The number of aliphatic carboxylic acids is 1. The summed E-state index contributed by atoms with van der Waals surface area (Å²) in [6.07, 6.45) is 1.02. The van der Waals surface area contributed by atoms with Crippen molar-refractivity contribution in [1.29, 1.82) is 0 Å². The Kier molecular flexibility index (Phi) is 3.89. The molecule has 1 aliphatic rings. The number of hydrogen-bond donors (Lipinski definition) is 1. The van der Waals surface area contributed by atoms with Crippen LogP contribution in [-0.2, 0) is 4.79 Å². The maximum atomic E-state index is 12.2. The molecule has 1 fully saturated rings. The number of nitro benzene ring substituents is 1. The predicted octanol–water partition coefficient (Wildman–Crippen LogP) is 1.94. The summed E-state index contributed by atoms with van der Waals surface area (Å²) in [5.74, 6) is -1.53. The van der Waals surface area contributed by atoms with Gasteiger partial charge in [0.1, 0.15) is 11.1 Å². The van der Waals surface area contributed by atoms with Crippen LogP contribution in [0.3, 0.4) is 0 Å². The molecular weight excluding hydrogens is 288 g/mol.